The molecular weight excluding hydrogens is 270 g/mol. The third-order valence-electron chi connectivity index (χ3n) is 2.95. The number of anilines is 1. The van der Waals surface area contributed by atoms with Crippen LogP contribution in [-0.2, 0) is 4.79 Å². The maximum atomic E-state index is 11.4. The molecule has 0 heterocycles. The van der Waals surface area contributed by atoms with Gasteiger partial charge in [0.05, 0.1) is 12.7 Å². The van der Waals surface area contributed by atoms with Crippen LogP contribution in [0.15, 0.2) is 42.5 Å². The molecule has 5 nitrogen and oxygen atoms in total. The van der Waals surface area contributed by atoms with Crippen molar-refractivity contribution in [2.45, 2.75) is 6.92 Å². The highest BCUT2D eigenvalue weighted by atomic mass is 16.5. The summed E-state index contributed by atoms with van der Waals surface area (Å²) < 4.78 is 5.05. The van der Waals surface area contributed by atoms with Crippen LogP contribution in [0.3, 0.4) is 0 Å². The zero-order valence-corrected chi connectivity index (χ0v) is 11.7. The van der Waals surface area contributed by atoms with Gasteiger partial charge in [0.1, 0.15) is 5.75 Å². The van der Waals surface area contributed by atoms with Crippen LogP contribution in [0.2, 0.25) is 0 Å². The molecule has 2 N–H and O–H groups in total. The van der Waals surface area contributed by atoms with E-state index in [1.165, 1.54) is 20.1 Å². The van der Waals surface area contributed by atoms with E-state index in [1.54, 1.807) is 36.4 Å². The summed E-state index contributed by atoms with van der Waals surface area (Å²) in [4.78, 5) is 22.5. The Balaban J connectivity index is 2.50. The van der Waals surface area contributed by atoms with Gasteiger partial charge in [0, 0.05) is 12.6 Å². The molecule has 0 fully saturated rings. The molecule has 2 aromatic carbocycles. The Kier molecular flexibility index (Phi) is 4.23. The van der Waals surface area contributed by atoms with Crippen molar-refractivity contribution in [3.8, 4) is 16.9 Å². The van der Waals surface area contributed by atoms with Gasteiger partial charge in [-0.05, 0) is 41.5 Å². The molecule has 1 amide bonds. The van der Waals surface area contributed by atoms with E-state index < -0.39 is 5.97 Å². The quantitative estimate of drug-likeness (QED) is 0.905. The minimum atomic E-state index is -1.03. The van der Waals surface area contributed by atoms with Gasteiger partial charge in [-0.1, -0.05) is 12.1 Å². The monoisotopic (exact) mass is 285 g/mol. The van der Waals surface area contributed by atoms with E-state index in [1.807, 2.05) is 0 Å². The number of carboxylic acids is 1. The molecule has 0 aliphatic carbocycles. The normalized spacial score (nSPS) is 10.0. The Morgan fingerprint density at radius 3 is 2.52 bits per heavy atom. The first-order valence-electron chi connectivity index (χ1n) is 6.30. The predicted molar refractivity (Wildman–Crippen MR) is 79.7 cm³/mol. The molecule has 0 saturated carbocycles. The second-order valence-corrected chi connectivity index (χ2v) is 4.48. The zero-order chi connectivity index (χ0) is 15.4. The summed E-state index contributed by atoms with van der Waals surface area (Å²) in [5.74, 6) is -0.733. The maximum absolute atomic E-state index is 11.4. The van der Waals surface area contributed by atoms with E-state index >= 15 is 0 Å². The molecular formula is C16H15NO4. The summed E-state index contributed by atoms with van der Waals surface area (Å²) in [5, 5.41) is 12.0. The minimum absolute atomic E-state index is 0.148. The average Bonchev–Trinajstić information content (AvgIpc) is 2.46. The van der Waals surface area contributed by atoms with Crippen LogP contribution in [-0.4, -0.2) is 24.1 Å². The van der Waals surface area contributed by atoms with Crippen LogP contribution in [0.4, 0.5) is 5.69 Å². The van der Waals surface area contributed by atoms with Gasteiger partial charge in [-0.2, -0.15) is 0 Å². The number of carbonyl (C=O) groups excluding carboxylic acids is 1. The van der Waals surface area contributed by atoms with Crippen LogP contribution in [0.5, 0.6) is 5.75 Å². The number of amides is 1. The highest BCUT2D eigenvalue weighted by Crippen LogP contribution is 2.29. The Bertz CT molecular complexity index is 694. The maximum Gasteiger partial charge on any atom is 0.336 e. The summed E-state index contributed by atoms with van der Waals surface area (Å²) in [5.41, 5.74) is 2.04. The van der Waals surface area contributed by atoms with Gasteiger partial charge in [-0.3, -0.25) is 4.79 Å². The molecule has 2 aromatic rings. The number of rotatable bonds is 4. The molecule has 0 atom stereocenters. The van der Waals surface area contributed by atoms with Crippen LogP contribution in [0, 0.1) is 0 Å². The third-order valence-corrected chi connectivity index (χ3v) is 2.95. The lowest BCUT2D eigenvalue weighted by molar-refractivity contribution is -0.114. The fourth-order valence-electron chi connectivity index (χ4n) is 2.05. The molecule has 0 aliphatic rings. The molecule has 0 unspecified atom stereocenters. The molecule has 0 spiro atoms. The standard InChI is InChI=1S/C16H15NO4/c1-10(18)17-12-5-3-4-11(8-12)14-7-6-13(21-2)9-15(14)16(19)20/h3-9H,1-2H3,(H,17,18)(H,19,20). The lowest BCUT2D eigenvalue weighted by Gasteiger charge is -2.10. The summed E-state index contributed by atoms with van der Waals surface area (Å²) in [6.07, 6.45) is 0. The van der Waals surface area contributed by atoms with Gasteiger partial charge >= 0.3 is 5.97 Å². The van der Waals surface area contributed by atoms with E-state index in [9.17, 15) is 14.7 Å². The van der Waals surface area contributed by atoms with Crippen LogP contribution < -0.4 is 10.1 Å². The first kappa shape index (κ1) is 14.6. The van der Waals surface area contributed by atoms with Crippen LogP contribution in [0.25, 0.3) is 11.1 Å². The van der Waals surface area contributed by atoms with Gasteiger partial charge in [0.2, 0.25) is 5.91 Å². The van der Waals surface area contributed by atoms with Crippen molar-refractivity contribution in [3.05, 3.63) is 48.0 Å². The summed E-state index contributed by atoms with van der Waals surface area (Å²) >= 11 is 0. The molecule has 2 rings (SSSR count). The van der Waals surface area contributed by atoms with Gasteiger partial charge in [0.15, 0.2) is 0 Å². The summed E-state index contributed by atoms with van der Waals surface area (Å²) in [7, 11) is 1.48. The first-order valence-corrected chi connectivity index (χ1v) is 6.30. The lowest BCUT2D eigenvalue weighted by atomic mass is 9.99. The fourth-order valence-corrected chi connectivity index (χ4v) is 2.05. The van der Waals surface area contributed by atoms with Crippen LogP contribution in [0.1, 0.15) is 17.3 Å². The number of carbonyl (C=O) groups is 2. The second kappa shape index (κ2) is 6.09. The van der Waals surface area contributed by atoms with Gasteiger partial charge < -0.3 is 15.2 Å². The van der Waals surface area contributed by atoms with Crippen molar-refractivity contribution < 1.29 is 19.4 Å². The summed E-state index contributed by atoms with van der Waals surface area (Å²) in [6.45, 7) is 1.42. The molecule has 0 saturated heterocycles. The molecule has 0 bridgehead atoms. The highest BCUT2D eigenvalue weighted by Gasteiger charge is 2.13. The third kappa shape index (κ3) is 3.39. The number of benzene rings is 2. The molecule has 5 heteroatoms. The molecule has 108 valence electrons. The number of methoxy groups -OCH3 is 1. The number of nitrogens with one attached hydrogen (secondary N) is 1. The van der Waals surface area contributed by atoms with Gasteiger partial charge in [-0.25, -0.2) is 4.79 Å². The predicted octanol–water partition coefficient (Wildman–Crippen LogP) is 3.02. The van der Waals surface area contributed by atoms with Crippen molar-refractivity contribution in [1.29, 1.82) is 0 Å². The smallest absolute Gasteiger partial charge is 0.336 e. The Morgan fingerprint density at radius 1 is 1.14 bits per heavy atom. The minimum Gasteiger partial charge on any atom is -0.497 e. The molecule has 0 aromatic heterocycles. The van der Waals surface area contributed by atoms with E-state index in [-0.39, 0.29) is 11.5 Å². The van der Waals surface area contributed by atoms with Gasteiger partial charge in [-0.15, -0.1) is 0 Å². The van der Waals surface area contributed by atoms with Crippen molar-refractivity contribution in [2.24, 2.45) is 0 Å². The molecule has 21 heavy (non-hydrogen) atoms. The SMILES string of the molecule is COc1ccc(-c2cccc(NC(C)=O)c2)c(C(=O)O)c1. The lowest BCUT2D eigenvalue weighted by Crippen LogP contribution is -2.06. The number of hydrogen-bond donors (Lipinski definition) is 2. The molecule has 0 radical (unpaired) electrons. The number of hydrogen-bond acceptors (Lipinski definition) is 3. The number of aromatic carboxylic acids is 1. The zero-order valence-electron chi connectivity index (χ0n) is 11.7. The van der Waals surface area contributed by atoms with Crippen LogP contribution >= 0.6 is 0 Å². The number of carboxylic acid groups (broad SMARTS) is 1. The van der Waals surface area contributed by atoms with Gasteiger partial charge in [0.25, 0.3) is 0 Å². The van der Waals surface area contributed by atoms with E-state index in [4.69, 9.17) is 4.74 Å². The van der Waals surface area contributed by atoms with Crippen molar-refractivity contribution in [2.75, 3.05) is 12.4 Å². The summed E-state index contributed by atoms with van der Waals surface area (Å²) in [6, 6.07) is 11.9. The Hall–Kier alpha value is -2.82. The Labute approximate surface area is 122 Å². The number of ether oxygens (including phenoxy) is 1. The highest BCUT2D eigenvalue weighted by molar-refractivity contribution is 5.97. The van der Waals surface area contributed by atoms with Crippen molar-refractivity contribution in [3.63, 3.8) is 0 Å². The fraction of sp³-hybridized carbons (Fsp3) is 0.125. The molecule has 0 aliphatic heterocycles. The van der Waals surface area contributed by atoms with Crippen molar-refractivity contribution in [1.82, 2.24) is 0 Å². The van der Waals surface area contributed by atoms with E-state index in [2.05, 4.69) is 5.32 Å². The average molecular weight is 285 g/mol. The van der Waals surface area contributed by atoms with E-state index in [0.29, 0.717) is 22.6 Å². The van der Waals surface area contributed by atoms with Crippen molar-refractivity contribution >= 4 is 17.6 Å². The largest absolute Gasteiger partial charge is 0.497 e. The topological polar surface area (TPSA) is 75.6 Å². The second-order valence-electron chi connectivity index (χ2n) is 4.48. The van der Waals surface area contributed by atoms with E-state index in [0.717, 1.165) is 0 Å². The first-order chi connectivity index (χ1) is 10.0. The Morgan fingerprint density at radius 2 is 1.90 bits per heavy atom.